The maximum atomic E-state index is 13.1. The van der Waals surface area contributed by atoms with Crippen molar-refractivity contribution in [2.75, 3.05) is 11.9 Å². The lowest BCUT2D eigenvalue weighted by atomic mass is 10.1. The van der Waals surface area contributed by atoms with Crippen molar-refractivity contribution in [3.05, 3.63) is 45.6 Å². The number of aromatic nitrogens is 2. The Bertz CT molecular complexity index is 699. The molecule has 118 valence electrons. The first-order valence-electron chi connectivity index (χ1n) is 6.04. The van der Waals surface area contributed by atoms with Crippen LogP contribution in [-0.2, 0) is 12.7 Å². The number of hydrogen-bond donors (Lipinski definition) is 0. The topological polar surface area (TPSA) is 85.3 Å². The number of hydrogen-bond acceptors (Lipinski definition) is 6. The van der Waals surface area contributed by atoms with Crippen molar-refractivity contribution < 1.29 is 22.6 Å². The number of aryl methyl sites for hydroxylation is 1. The van der Waals surface area contributed by atoms with Crippen LogP contribution in [0.25, 0.3) is 0 Å². The Morgan fingerprint density at radius 2 is 2.09 bits per heavy atom. The smallest absolute Gasteiger partial charge is 0.366 e. The molecular formula is C12H11F3N4O3. The third kappa shape index (κ3) is 3.32. The van der Waals surface area contributed by atoms with E-state index in [2.05, 4.69) is 10.1 Å². The molecule has 0 spiro atoms. The molecule has 0 aliphatic heterocycles. The summed E-state index contributed by atoms with van der Waals surface area (Å²) in [4.78, 5) is 14.9. The van der Waals surface area contributed by atoms with Crippen molar-refractivity contribution >= 4 is 11.4 Å². The molecule has 0 bridgehead atoms. The Balaban J connectivity index is 2.38. The van der Waals surface area contributed by atoms with E-state index in [1.165, 1.54) is 11.9 Å². The van der Waals surface area contributed by atoms with Gasteiger partial charge in [0, 0.05) is 31.8 Å². The van der Waals surface area contributed by atoms with E-state index in [9.17, 15) is 23.3 Å². The summed E-state index contributed by atoms with van der Waals surface area (Å²) in [5.74, 6) is 0.509. The van der Waals surface area contributed by atoms with E-state index in [-0.39, 0.29) is 18.1 Å². The van der Waals surface area contributed by atoms with Gasteiger partial charge < -0.3 is 9.42 Å². The van der Waals surface area contributed by atoms with Crippen molar-refractivity contribution in [3.8, 4) is 0 Å². The SMILES string of the molecule is Cc1nc(CN(C)c2ccc([N+](=O)[O-])cc2C(F)(F)F)no1. The minimum atomic E-state index is -4.72. The van der Waals surface area contributed by atoms with Crippen LogP contribution in [0.15, 0.2) is 22.7 Å². The summed E-state index contributed by atoms with van der Waals surface area (Å²) < 4.78 is 44.0. The third-order valence-corrected chi connectivity index (χ3v) is 2.86. The molecule has 22 heavy (non-hydrogen) atoms. The molecule has 1 aromatic carbocycles. The molecule has 0 fully saturated rings. The number of nitro groups is 1. The zero-order chi connectivity index (χ0) is 16.5. The van der Waals surface area contributed by atoms with Crippen LogP contribution < -0.4 is 4.90 Å². The van der Waals surface area contributed by atoms with Crippen molar-refractivity contribution in [2.24, 2.45) is 0 Å². The van der Waals surface area contributed by atoms with Gasteiger partial charge in [-0.1, -0.05) is 5.16 Å². The van der Waals surface area contributed by atoms with Crippen LogP contribution in [0.1, 0.15) is 17.3 Å². The quantitative estimate of drug-likeness (QED) is 0.637. The largest absolute Gasteiger partial charge is 0.418 e. The molecule has 2 rings (SSSR count). The second-order valence-electron chi connectivity index (χ2n) is 4.54. The van der Waals surface area contributed by atoms with Crippen LogP contribution >= 0.6 is 0 Å². The molecule has 0 saturated carbocycles. The zero-order valence-corrected chi connectivity index (χ0v) is 11.6. The average molecular weight is 316 g/mol. The van der Waals surface area contributed by atoms with Gasteiger partial charge in [-0.2, -0.15) is 18.2 Å². The molecule has 0 saturated heterocycles. The van der Waals surface area contributed by atoms with E-state index in [4.69, 9.17) is 4.52 Å². The van der Waals surface area contributed by atoms with Gasteiger partial charge in [0.15, 0.2) is 5.82 Å². The molecule has 10 heteroatoms. The molecule has 2 aromatic rings. The van der Waals surface area contributed by atoms with Gasteiger partial charge in [0.2, 0.25) is 5.89 Å². The molecule has 0 aliphatic rings. The maximum Gasteiger partial charge on any atom is 0.418 e. The van der Waals surface area contributed by atoms with Crippen LogP contribution in [0.2, 0.25) is 0 Å². The molecule has 0 unspecified atom stereocenters. The van der Waals surface area contributed by atoms with E-state index in [0.717, 1.165) is 12.1 Å². The Hall–Kier alpha value is -2.65. The first-order chi connectivity index (χ1) is 10.2. The lowest BCUT2D eigenvalue weighted by molar-refractivity contribution is -0.385. The Labute approximate surface area is 122 Å². The molecular weight excluding hydrogens is 305 g/mol. The molecule has 0 atom stereocenters. The van der Waals surface area contributed by atoms with E-state index in [0.29, 0.717) is 12.0 Å². The summed E-state index contributed by atoms with van der Waals surface area (Å²) in [6, 6.07) is 2.57. The summed E-state index contributed by atoms with van der Waals surface area (Å²) in [5, 5.41) is 14.2. The number of non-ortho nitro benzene ring substituents is 1. The highest BCUT2D eigenvalue weighted by molar-refractivity contribution is 5.58. The highest BCUT2D eigenvalue weighted by Gasteiger charge is 2.36. The van der Waals surface area contributed by atoms with Gasteiger partial charge in [-0.3, -0.25) is 10.1 Å². The van der Waals surface area contributed by atoms with Gasteiger partial charge >= 0.3 is 6.18 Å². The van der Waals surface area contributed by atoms with Crippen molar-refractivity contribution in [2.45, 2.75) is 19.6 Å². The normalized spacial score (nSPS) is 11.5. The van der Waals surface area contributed by atoms with Crippen molar-refractivity contribution in [3.63, 3.8) is 0 Å². The summed E-state index contributed by atoms with van der Waals surface area (Å²) in [6.45, 7) is 1.53. The summed E-state index contributed by atoms with van der Waals surface area (Å²) in [7, 11) is 1.40. The second kappa shape index (κ2) is 5.62. The molecule has 0 amide bonds. The van der Waals surface area contributed by atoms with Gasteiger partial charge in [0.25, 0.3) is 5.69 Å². The first kappa shape index (κ1) is 15.7. The Morgan fingerprint density at radius 1 is 1.41 bits per heavy atom. The molecule has 1 heterocycles. The van der Waals surface area contributed by atoms with Gasteiger partial charge in [0.05, 0.1) is 17.0 Å². The number of nitro benzene ring substituents is 1. The second-order valence-corrected chi connectivity index (χ2v) is 4.54. The van der Waals surface area contributed by atoms with E-state index in [1.54, 1.807) is 6.92 Å². The standard InChI is InChI=1S/C12H11F3N4O3/c1-7-16-11(17-22-7)6-18(2)10-4-3-8(19(20)21)5-9(10)12(13,14)15/h3-5H,6H2,1-2H3. The van der Waals surface area contributed by atoms with E-state index >= 15 is 0 Å². The predicted octanol–water partition coefficient (Wildman–Crippen LogP) is 2.94. The van der Waals surface area contributed by atoms with Gasteiger partial charge in [-0.25, -0.2) is 0 Å². The molecule has 0 N–H and O–H groups in total. The van der Waals surface area contributed by atoms with Crippen molar-refractivity contribution in [1.29, 1.82) is 0 Å². The fraction of sp³-hybridized carbons (Fsp3) is 0.333. The van der Waals surface area contributed by atoms with Crippen LogP contribution in [0.4, 0.5) is 24.5 Å². The van der Waals surface area contributed by atoms with Crippen LogP contribution in [0, 0.1) is 17.0 Å². The number of anilines is 1. The third-order valence-electron chi connectivity index (χ3n) is 2.86. The first-order valence-corrected chi connectivity index (χ1v) is 6.04. The highest BCUT2D eigenvalue weighted by Crippen LogP contribution is 2.38. The number of alkyl halides is 3. The minimum absolute atomic E-state index is 0.0295. The predicted molar refractivity (Wildman–Crippen MR) is 69.2 cm³/mol. The highest BCUT2D eigenvalue weighted by atomic mass is 19.4. The number of benzene rings is 1. The summed E-state index contributed by atoms with van der Waals surface area (Å²) >= 11 is 0. The van der Waals surface area contributed by atoms with Gasteiger partial charge in [0.1, 0.15) is 0 Å². The van der Waals surface area contributed by atoms with E-state index < -0.39 is 22.4 Å². The fourth-order valence-electron chi connectivity index (χ4n) is 1.90. The monoisotopic (exact) mass is 316 g/mol. The van der Waals surface area contributed by atoms with E-state index in [1.807, 2.05) is 0 Å². The number of halogens is 3. The minimum Gasteiger partial charge on any atom is -0.366 e. The molecule has 0 radical (unpaired) electrons. The van der Waals surface area contributed by atoms with Gasteiger partial charge in [-0.15, -0.1) is 0 Å². The van der Waals surface area contributed by atoms with Crippen LogP contribution in [0.3, 0.4) is 0 Å². The average Bonchev–Trinajstić information content (AvgIpc) is 2.82. The lowest BCUT2D eigenvalue weighted by Crippen LogP contribution is -2.21. The molecule has 7 nitrogen and oxygen atoms in total. The Kier molecular flexibility index (Phi) is 4.02. The number of rotatable bonds is 4. The Morgan fingerprint density at radius 3 is 2.59 bits per heavy atom. The summed E-state index contributed by atoms with van der Waals surface area (Å²) in [6.07, 6.45) is -4.72. The molecule has 1 aromatic heterocycles. The summed E-state index contributed by atoms with van der Waals surface area (Å²) in [5.41, 5.74) is -1.93. The number of nitrogens with zero attached hydrogens (tertiary/aromatic N) is 4. The van der Waals surface area contributed by atoms with Gasteiger partial charge in [-0.05, 0) is 6.07 Å². The zero-order valence-electron chi connectivity index (χ0n) is 11.6. The van der Waals surface area contributed by atoms with Crippen LogP contribution in [0.5, 0.6) is 0 Å². The van der Waals surface area contributed by atoms with Crippen LogP contribution in [-0.4, -0.2) is 22.1 Å². The molecule has 0 aliphatic carbocycles. The maximum absolute atomic E-state index is 13.1. The van der Waals surface area contributed by atoms with Crippen molar-refractivity contribution in [1.82, 2.24) is 10.1 Å². The lowest BCUT2D eigenvalue weighted by Gasteiger charge is -2.22. The fourth-order valence-corrected chi connectivity index (χ4v) is 1.90.